The zero-order valence-corrected chi connectivity index (χ0v) is 10.9. The molecule has 0 unspecified atom stereocenters. The number of amides is 1. The van der Waals surface area contributed by atoms with Crippen molar-refractivity contribution in [2.75, 3.05) is 18.5 Å². The first kappa shape index (κ1) is 12.7. The topological polar surface area (TPSA) is 47.6 Å². The van der Waals surface area contributed by atoms with Crippen molar-refractivity contribution in [1.29, 1.82) is 0 Å². The van der Waals surface area contributed by atoms with Crippen LogP contribution in [0.25, 0.3) is 0 Å². The van der Waals surface area contributed by atoms with Crippen LogP contribution in [0.5, 0.6) is 11.5 Å². The van der Waals surface area contributed by atoms with Crippen molar-refractivity contribution in [3.05, 3.63) is 18.2 Å². The first-order chi connectivity index (χ1) is 8.74. The van der Waals surface area contributed by atoms with Gasteiger partial charge in [0.05, 0.1) is 13.2 Å². The normalized spacial score (nSPS) is 14.1. The first-order valence-electron chi connectivity index (χ1n) is 6.45. The highest BCUT2D eigenvalue weighted by Crippen LogP contribution is 2.33. The van der Waals surface area contributed by atoms with Gasteiger partial charge in [-0.1, -0.05) is 0 Å². The molecule has 1 aromatic rings. The van der Waals surface area contributed by atoms with E-state index in [1.807, 2.05) is 32.0 Å². The summed E-state index contributed by atoms with van der Waals surface area (Å²) in [4.78, 5) is 11.7. The maximum atomic E-state index is 11.7. The smallest absolute Gasteiger partial charge is 0.227 e. The second-order valence-electron chi connectivity index (χ2n) is 4.29. The number of hydrogen-bond donors (Lipinski definition) is 1. The molecule has 0 bridgehead atoms. The summed E-state index contributed by atoms with van der Waals surface area (Å²) in [6.07, 6.45) is 2.00. The molecule has 1 saturated carbocycles. The number of nitrogens with one attached hydrogen (secondary N) is 1. The average Bonchev–Trinajstić information content (AvgIpc) is 3.17. The summed E-state index contributed by atoms with van der Waals surface area (Å²) in [7, 11) is 0. The van der Waals surface area contributed by atoms with Gasteiger partial charge in [-0.3, -0.25) is 4.79 Å². The van der Waals surface area contributed by atoms with Gasteiger partial charge < -0.3 is 14.8 Å². The Balaban J connectivity index is 2.10. The summed E-state index contributed by atoms with van der Waals surface area (Å²) >= 11 is 0. The van der Waals surface area contributed by atoms with Crippen LogP contribution < -0.4 is 14.8 Å². The molecule has 4 heteroatoms. The zero-order chi connectivity index (χ0) is 13.0. The molecule has 18 heavy (non-hydrogen) atoms. The molecule has 1 N–H and O–H groups in total. The van der Waals surface area contributed by atoms with E-state index in [0.29, 0.717) is 24.7 Å². The van der Waals surface area contributed by atoms with Crippen LogP contribution in [0, 0.1) is 5.92 Å². The van der Waals surface area contributed by atoms with Crippen molar-refractivity contribution in [2.24, 2.45) is 5.92 Å². The largest absolute Gasteiger partial charge is 0.490 e. The molecule has 0 radical (unpaired) electrons. The molecule has 1 aliphatic carbocycles. The minimum atomic E-state index is 0.0987. The summed E-state index contributed by atoms with van der Waals surface area (Å²) in [6, 6.07) is 5.49. The van der Waals surface area contributed by atoms with Crippen LogP contribution in [0.2, 0.25) is 0 Å². The fraction of sp³-hybridized carbons (Fsp3) is 0.500. The molecule has 1 aliphatic rings. The maximum absolute atomic E-state index is 11.7. The predicted octanol–water partition coefficient (Wildman–Crippen LogP) is 2.83. The highest BCUT2D eigenvalue weighted by molar-refractivity contribution is 5.94. The van der Waals surface area contributed by atoms with Gasteiger partial charge in [0.2, 0.25) is 5.91 Å². The first-order valence-corrected chi connectivity index (χ1v) is 6.45. The number of rotatable bonds is 6. The van der Waals surface area contributed by atoms with Crippen molar-refractivity contribution in [2.45, 2.75) is 26.7 Å². The van der Waals surface area contributed by atoms with E-state index in [1.165, 1.54) is 0 Å². The standard InChI is InChI=1S/C14H19NO3/c1-3-17-12-8-7-11(9-13(12)18-4-2)15-14(16)10-5-6-10/h7-10H,3-6H2,1-2H3,(H,15,16). The number of carbonyl (C=O) groups excluding carboxylic acids is 1. The van der Waals surface area contributed by atoms with Gasteiger partial charge in [0, 0.05) is 17.7 Å². The Morgan fingerprint density at radius 2 is 1.89 bits per heavy atom. The molecule has 2 rings (SSSR count). The molecule has 98 valence electrons. The minimum Gasteiger partial charge on any atom is -0.490 e. The molecule has 0 heterocycles. The number of carbonyl (C=O) groups is 1. The van der Waals surface area contributed by atoms with Crippen LogP contribution in [0.4, 0.5) is 5.69 Å². The second-order valence-corrected chi connectivity index (χ2v) is 4.29. The SMILES string of the molecule is CCOc1ccc(NC(=O)C2CC2)cc1OCC. The van der Waals surface area contributed by atoms with E-state index in [4.69, 9.17) is 9.47 Å². The molecule has 1 amide bonds. The summed E-state index contributed by atoms with van der Waals surface area (Å²) in [5, 5.41) is 2.90. The van der Waals surface area contributed by atoms with Crippen LogP contribution in [0.3, 0.4) is 0 Å². The predicted molar refractivity (Wildman–Crippen MR) is 70.1 cm³/mol. The maximum Gasteiger partial charge on any atom is 0.227 e. The number of anilines is 1. The molecule has 1 aromatic carbocycles. The van der Waals surface area contributed by atoms with E-state index in [0.717, 1.165) is 18.5 Å². The van der Waals surface area contributed by atoms with Gasteiger partial charge in [-0.05, 0) is 38.8 Å². The lowest BCUT2D eigenvalue weighted by atomic mass is 10.2. The van der Waals surface area contributed by atoms with Crippen molar-refractivity contribution in [3.63, 3.8) is 0 Å². The number of hydrogen-bond acceptors (Lipinski definition) is 3. The molecule has 0 saturated heterocycles. The Hall–Kier alpha value is -1.71. The number of benzene rings is 1. The van der Waals surface area contributed by atoms with Crippen LogP contribution in [0.1, 0.15) is 26.7 Å². The van der Waals surface area contributed by atoms with E-state index in [1.54, 1.807) is 0 Å². The molecule has 0 atom stereocenters. The van der Waals surface area contributed by atoms with Crippen molar-refractivity contribution >= 4 is 11.6 Å². The van der Waals surface area contributed by atoms with Crippen LogP contribution in [-0.4, -0.2) is 19.1 Å². The molecule has 4 nitrogen and oxygen atoms in total. The van der Waals surface area contributed by atoms with Gasteiger partial charge in [-0.2, -0.15) is 0 Å². The minimum absolute atomic E-state index is 0.0987. The van der Waals surface area contributed by atoms with Crippen molar-refractivity contribution in [1.82, 2.24) is 0 Å². The highest BCUT2D eigenvalue weighted by Gasteiger charge is 2.29. The lowest BCUT2D eigenvalue weighted by Gasteiger charge is -2.12. The Morgan fingerprint density at radius 1 is 1.22 bits per heavy atom. The van der Waals surface area contributed by atoms with E-state index >= 15 is 0 Å². The second kappa shape index (κ2) is 5.76. The Bertz CT molecular complexity index is 427. The number of ether oxygens (including phenoxy) is 2. The Morgan fingerprint density at radius 3 is 2.50 bits per heavy atom. The summed E-state index contributed by atoms with van der Waals surface area (Å²) in [5.74, 6) is 1.69. The lowest BCUT2D eigenvalue weighted by Crippen LogP contribution is -2.13. The third-order valence-corrected chi connectivity index (χ3v) is 2.76. The fourth-order valence-electron chi connectivity index (χ4n) is 1.72. The lowest BCUT2D eigenvalue weighted by molar-refractivity contribution is -0.117. The Kier molecular flexibility index (Phi) is 4.07. The summed E-state index contributed by atoms with van der Waals surface area (Å²) < 4.78 is 11.0. The van der Waals surface area contributed by atoms with Gasteiger partial charge in [-0.25, -0.2) is 0 Å². The van der Waals surface area contributed by atoms with Crippen molar-refractivity contribution < 1.29 is 14.3 Å². The van der Waals surface area contributed by atoms with E-state index < -0.39 is 0 Å². The van der Waals surface area contributed by atoms with E-state index in [-0.39, 0.29) is 11.8 Å². The monoisotopic (exact) mass is 249 g/mol. The summed E-state index contributed by atoms with van der Waals surface area (Å²) in [5.41, 5.74) is 0.763. The van der Waals surface area contributed by atoms with Gasteiger partial charge in [0.1, 0.15) is 0 Å². The van der Waals surface area contributed by atoms with Crippen LogP contribution >= 0.6 is 0 Å². The summed E-state index contributed by atoms with van der Waals surface area (Å²) in [6.45, 7) is 5.01. The third kappa shape index (κ3) is 3.15. The molecular weight excluding hydrogens is 230 g/mol. The van der Waals surface area contributed by atoms with Gasteiger partial charge in [0.15, 0.2) is 11.5 Å². The quantitative estimate of drug-likeness (QED) is 0.843. The van der Waals surface area contributed by atoms with Crippen LogP contribution in [-0.2, 0) is 4.79 Å². The molecular formula is C14H19NO3. The van der Waals surface area contributed by atoms with E-state index in [2.05, 4.69) is 5.32 Å². The average molecular weight is 249 g/mol. The zero-order valence-electron chi connectivity index (χ0n) is 10.9. The molecule has 0 spiro atoms. The van der Waals surface area contributed by atoms with Crippen molar-refractivity contribution in [3.8, 4) is 11.5 Å². The molecule has 0 aromatic heterocycles. The fourth-order valence-corrected chi connectivity index (χ4v) is 1.72. The van der Waals surface area contributed by atoms with Gasteiger partial charge in [-0.15, -0.1) is 0 Å². The van der Waals surface area contributed by atoms with Crippen LogP contribution in [0.15, 0.2) is 18.2 Å². The third-order valence-electron chi connectivity index (χ3n) is 2.76. The van der Waals surface area contributed by atoms with Gasteiger partial charge in [0.25, 0.3) is 0 Å². The molecule has 0 aliphatic heterocycles. The molecule has 1 fully saturated rings. The van der Waals surface area contributed by atoms with E-state index in [9.17, 15) is 4.79 Å². The van der Waals surface area contributed by atoms with Gasteiger partial charge >= 0.3 is 0 Å². The Labute approximate surface area is 107 Å². The highest BCUT2D eigenvalue weighted by atomic mass is 16.5.